The van der Waals surface area contributed by atoms with Gasteiger partial charge in [0, 0.05) is 6.92 Å². The van der Waals surface area contributed by atoms with Crippen molar-refractivity contribution in [1.82, 2.24) is 0 Å². The SMILES string of the molecule is CC(=O)Oc1cccc(F)c1O. The maximum Gasteiger partial charge on any atom is 0.308 e. The summed E-state index contributed by atoms with van der Waals surface area (Å²) < 4.78 is 17.1. The summed E-state index contributed by atoms with van der Waals surface area (Å²) in [4.78, 5) is 10.4. The fourth-order valence-corrected chi connectivity index (χ4v) is 0.733. The van der Waals surface area contributed by atoms with Crippen LogP contribution in [-0.4, -0.2) is 11.1 Å². The molecule has 64 valence electrons. The zero-order chi connectivity index (χ0) is 9.14. The normalized spacial score (nSPS) is 9.50. The summed E-state index contributed by atoms with van der Waals surface area (Å²) in [5, 5.41) is 8.99. The van der Waals surface area contributed by atoms with Gasteiger partial charge in [0.1, 0.15) is 0 Å². The van der Waals surface area contributed by atoms with Gasteiger partial charge in [-0.25, -0.2) is 4.39 Å². The highest BCUT2D eigenvalue weighted by Gasteiger charge is 2.08. The minimum atomic E-state index is -0.811. The summed E-state index contributed by atoms with van der Waals surface area (Å²) >= 11 is 0. The quantitative estimate of drug-likeness (QED) is 0.512. The fraction of sp³-hybridized carbons (Fsp3) is 0.125. The van der Waals surface area contributed by atoms with Crippen LogP contribution in [0.1, 0.15) is 6.92 Å². The van der Waals surface area contributed by atoms with Gasteiger partial charge in [-0.1, -0.05) is 6.07 Å². The Bertz CT molecular complexity index is 309. The van der Waals surface area contributed by atoms with Crippen molar-refractivity contribution in [2.45, 2.75) is 6.92 Å². The molecule has 0 heterocycles. The van der Waals surface area contributed by atoms with E-state index < -0.39 is 17.5 Å². The van der Waals surface area contributed by atoms with E-state index in [-0.39, 0.29) is 5.75 Å². The van der Waals surface area contributed by atoms with Crippen LogP contribution in [0.4, 0.5) is 4.39 Å². The molecule has 0 atom stereocenters. The van der Waals surface area contributed by atoms with Crippen LogP contribution < -0.4 is 4.74 Å². The highest BCUT2D eigenvalue weighted by Crippen LogP contribution is 2.28. The van der Waals surface area contributed by atoms with Crippen molar-refractivity contribution < 1.29 is 19.0 Å². The average Bonchev–Trinajstić information content (AvgIpc) is 1.98. The van der Waals surface area contributed by atoms with Crippen LogP contribution in [0.3, 0.4) is 0 Å². The largest absolute Gasteiger partial charge is 0.502 e. The highest BCUT2D eigenvalue weighted by molar-refractivity contribution is 5.70. The first-order valence-corrected chi connectivity index (χ1v) is 3.27. The number of hydrogen-bond acceptors (Lipinski definition) is 3. The predicted octanol–water partition coefficient (Wildman–Crippen LogP) is 1.46. The van der Waals surface area contributed by atoms with E-state index in [2.05, 4.69) is 4.74 Å². The molecule has 0 fully saturated rings. The Morgan fingerprint density at radius 1 is 1.58 bits per heavy atom. The van der Waals surface area contributed by atoms with Gasteiger partial charge in [-0.05, 0) is 12.1 Å². The van der Waals surface area contributed by atoms with E-state index in [0.29, 0.717) is 0 Å². The molecule has 1 aromatic carbocycles. The van der Waals surface area contributed by atoms with Gasteiger partial charge in [-0.15, -0.1) is 0 Å². The molecule has 3 nitrogen and oxygen atoms in total. The number of para-hydroxylation sites is 1. The topological polar surface area (TPSA) is 46.5 Å². The Morgan fingerprint density at radius 2 is 2.25 bits per heavy atom. The van der Waals surface area contributed by atoms with Gasteiger partial charge < -0.3 is 9.84 Å². The van der Waals surface area contributed by atoms with E-state index >= 15 is 0 Å². The van der Waals surface area contributed by atoms with Crippen molar-refractivity contribution in [1.29, 1.82) is 0 Å². The van der Waals surface area contributed by atoms with Crippen LogP contribution in [0, 0.1) is 5.82 Å². The lowest BCUT2D eigenvalue weighted by molar-refractivity contribution is -0.132. The average molecular weight is 170 g/mol. The van der Waals surface area contributed by atoms with Gasteiger partial charge in [0.15, 0.2) is 17.3 Å². The van der Waals surface area contributed by atoms with Gasteiger partial charge in [0.2, 0.25) is 0 Å². The predicted molar refractivity (Wildman–Crippen MR) is 39.4 cm³/mol. The van der Waals surface area contributed by atoms with E-state index in [1.807, 2.05) is 0 Å². The molecule has 12 heavy (non-hydrogen) atoms. The monoisotopic (exact) mass is 170 g/mol. The van der Waals surface area contributed by atoms with Gasteiger partial charge in [-0.3, -0.25) is 4.79 Å². The Morgan fingerprint density at radius 3 is 2.83 bits per heavy atom. The summed E-state index contributed by atoms with van der Waals surface area (Å²) in [7, 11) is 0. The van der Waals surface area contributed by atoms with Crippen molar-refractivity contribution in [3.63, 3.8) is 0 Å². The summed E-state index contributed by atoms with van der Waals surface area (Å²) in [5.74, 6) is -2.22. The molecule has 4 heteroatoms. The number of benzene rings is 1. The van der Waals surface area contributed by atoms with Crippen LogP contribution >= 0.6 is 0 Å². The first-order valence-electron chi connectivity index (χ1n) is 3.27. The van der Waals surface area contributed by atoms with Crippen LogP contribution in [0.2, 0.25) is 0 Å². The number of phenolic OH excluding ortho intramolecular Hbond substituents is 1. The smallest absolute Gasteiger partial charge is 0.308 e. The third kappa shape index (κ3) is 1.72. The van der Waals surface area contributed by atoms with Crippen molar-refractivity contribution in [3.05, 3.63) is 24.0 Å². The maximum absolute atomic E-state index is 12.6. The Hall–Kier alpha value is -1.58. The van der Waals surface area contributed by atoms with Crippen molar-refractivity contribution in [2.75, 3.05) is 0 Å². The minimum absolute atomic E-state index is 0.164. The molecule has 0 aliphatic carbocycles. The van der Waals surface area contributed by atoms with Crippen molar-refractivity contribution >= 4 is 5.97 Å². The molecule has 0 aliphatic rings. The zero-order valence-electron chi connectivity index (χ0n) is 6.37. The van der Waals surface area contributed by atoms with E-state index in [4.69, 9.17) is 5.11 Å². The van der Waals surface area contributed by atoms with Gasteiger partial charge >= 0.3 is 5.97 Å². The second kappa shape index (κ2) is 3.21. The second-order valence-corrected chi connectivity index (χ2v) is 2.18. The molecule has 0 spiro atoms. The van der Waals surface area contributed by atoms with Gasteiger partial charge in [0.25, 0.3) is 0 Å². The molecule has 0 unspecified atom stereocenters. The molecule has 1 rings (SSSR count). The van der Waals surface area contributed by atoms with Crippen LogP contribution in [0.25, 0.3) is 0 Å². The van der Waals surface area contributed by atoms with Crippen LogP contribution in [-0.2, 0) is 4.79 Å². The van der Waals surface area contributed by atoms with Gasteiger partial charge in [0.05, 0.1) is 0 Å². The van der Waals surface area contributed by atoms with Crippen LogP contribution in [0.5, 0.6) is 11.5 Å². The van der Waals surface area contributed by atoms with E-state index in [1.54, 1.807) is 0 Å². The van der Waals surface area contributed by atoms with Gasteiger partial charge in [-0.2, -0.15) is 0 Å². The molecule has 0 amide bonds. The number of esters is 1. The molecule has 0 aliphatic heterocycles. The standard InChI is InChI=1S/C8H7FO3/c1-5(10)12-7-4-2-3-6(9)8(7)11/h2-4,11H,1H3. The molecular formula is C8H7FO3. The highest BCUT2D eigenvalue weighted by atomic mass is 19.1. The molecule has 1 aromatic rings. The summed E-state index contributed by atoms with van der Waals surface area (Å²) in [6.45, 7) is 1.17. The third-order valence-corrected chi connectivity index (χ3v) is 1.20. The minimum Gasteiger partial charge on any atom is -0.502 e. The molecule has 0 saturated carbocycles. The zero-order valence-corrected chi connectivity index (χ0v) is 6.37. The van der Waals surface area contributed by atoms with Crippen LogP contribution in [0.15, 0.2) is 18.2 Å². The Kier molecular flexibility index (Phi) is 2.28. The number of rotatable bonds is 1. The lowest BCUT2D eigenvalue weighted by Gasteiger charge is -2.03. The molecule has 0 aromatic heterocycles. The first-order chi connectivity index (χ1) is 5.61. The Labute approximate surface area is 68.4 Å². The van der Waals surface area contributed by atoms with Crippen molar-refractivity contribution in [3.8, 4) is 11.5 Å². The Balaban J connectivity index is 3.00. The summed E-state index contributed by atoms with van der Waals surface area (Å²) in [6, 6.07) is 3.72. The number of halogens is 1. The molecular weight excluding hydrogens is 163 g/mol. The second-order valence-electron chi connectivity index (χ2n) is 2.18. The first kappa shape index (κ1) is 8.52. The van der Waals surface area contributed by atoms with Crippen molar-refractivity contribution in [2.24, 2.45) is 0 Å². The molecule has 0 saturated heterocycles. The molecule has 1 N–H and O–H groups in total. The molecule has 0 radical (unpaired) electrons. The number of hydrogen-bond donors (Lipinski definition) is 1. The van der Waals surface area contributed by atoms with E-state index in [0.717, 1.165) is 6.07 Å². The number of aromatic hydroxyl groups is 1. The van der Waals surface area contributed by atoms with E-state index in [1.165, 1.54) is 19.1 Å². The van der Waals surface area contributed by atoms with E-state index in [9.17, 15) is 9.18 Å². The lowest BCUT2D eigenvalue weighted by atomic mass is 10.3. The number of carbonyl (C=O) groups excluding carboxylic acids is 1. The maximum atomic E-state index is 12.6. The summed E-state index contributed by atoms with van der Waals surface area (Å²) in [6.07, 6.45) is 0. The number of ether oxygens (including phenoxy) is 1. The lowest BCUT2D eigenvalue weighted by Crippen LogP contribution is -2.01. The summed E-state index contributed by atoms with van der Waals surface area (Å²) in [5.41, 5.74) is 0. The third-order valence-electron chi connectivity index (χ3n) is 1.20. The fourth-order valence-electron chi connectivity index (χ4n) is 0.733. The molecule has 0 bridgehead atoms. The number of carbonyl (C=O) groups is 1. The number of phenols is 1.